The average molecular weight is 499 g/mol. The Morgan fingerprint density at radius 2 is 2.00 bits per heavy atom. The summed E-state index contributed by atoms with van der Waals surface area (Å²) in [6.45, 7) is 0. The van der Waals surface area contributed by atoms with Gasteiger partial charge in [0.15, 0.2) is 5.82 Å². The van der Waals surface area contributed by atoms with Crippen LogP contribution in [0.2, 0.25) is 5.02 Å². The van der Waals surface area contributed by atoms with Crippen molar-refractivity contribution in [2.24, 2.45) is 0 Å². The molecule has 2 aromatic heterocycles. The zero-order valence-corrected chi connectivity index (χ0v) is 19.0. The molecule has 12 heteroatoms. The van der Waals surface area contributed by atoms with Gasteiger partial charge < -0.3 is 14.3 Å². The molecule has 4 aromatic rings. The van der Waals surface area contributed by atoms with Gasteiger partial charge in [-0.3, -0.25) is 15.2 Å². The minimum Gasteiger partial charge on any atom is -0.496 e. The van der Waals surface area contributed by atoms with Crippen LogP contribution in [-0.2, 0) is 4.79 Å². The van der Waals surface area contributed by atoms with Crippen LogP contribution in [0.5, 0.6) is 5.75 Å². The van der Waals surface area contributed by atoms with E-state index in [1.165, 1.54) is 31.4 Å². The third kappa shape index (κ3) is 5.11. The molecule has 2 N–H and O–H groups in total. The number of hydrogen-bond acceptors (Lipinski definition) is 8. The highest BCUT2D eigenvalue weighted by Gasteiger charge is 2.18. The van der Waals surface area contributed by atoms with E-state index in [1.54, 1.807) is 36.4 Å². The molecule has 34 heavy (non-hydrogen) atoms. The number of aromatic nitrogens is 3. The summed E-state index contributed by atoms with van der Waals surface area (Å²) in [5.41, 5.74) is 1.11. The van der Waals surface area contributed by atoms with Gasteiger partial charge in [0.25, 0.3) is 5.69 Å². The van der Waals surface area contributed by atoms with Crippen molar-refractivity contribution in [3.63, 3.8) is 0 Å². The lowest BCUT2D eigenvalue weighted by atomic mass is 10.1. The zero-order valence-electron chi connectivity index (χ0n) is 17.4. The minimum absolute atomic E-state index is 0.0711. The van der Waals surface area contributed by atoms with Gasteiger partial charge in [-0.15, -0.1) is 5.10 Å². The number of nitrogens with zero attached hydrogens (tertiary/aromatic N) is 3. The van der Waals surface area contributed by atoms with Gasteiger partial charge in [-0.05, 0) is 54.2 Å². The number of nitro benzene ring substituents is 1. The van der Waals surface area contributed by atoms with Crippen LogP contribution in [0, 0.1) is 10.1 Å². The Hall–Kier alpha value is -4.09. The predicted molar refractivity (Wildman–Crippen MR) is 126 cm³/mol. The van der Waals surface area contributed by atoms with Crippen LogP contribution in [0.4, 0.5) is 5.69 Å². The lowest BCUT2D eigenvalue weighted by Gasteiger charge is -2.05. The summed E-state index contributed by atoms with van der Waals surface area (Å²) in [7, 11) is 1.39. The molecular weight excluding hydrogens is 484 g/mol. The van der Waals surface area contributed by atoms with Gasteiger partial charge in [0.1, 0.15) is 22.2 Å². The summed E-state index contributed by atoms with van der Waals surface area (Å²) < 4.78 is 11.0. The number of nitrogens with one attached hydrogen (secondary N) is 1. The first-order valence-corrected chi connectivity index (χ1v) is 10.8. The highest BCUT2D eigenvalue weighted by atomic mass is 35.5. The van der Waals surface area contributed by atoms with Crippen molar-refractivity contribution < 1.29 is 24.0 Å². The highest BCUT2D eigenvalue weighted by molar-refractivity contribution is 8.04. The van der Waals surface area contributed by atoms with Gasteiger partial charge in [-0.1, -0.05) is 11.6 Å². The molecule has 10 nitrogen and oxygen atoms in total. The first-order valence-electron chi connectivity index (χ1n) is 9.58. The summed E-state index contributed by atoms with van der Waals surface area (Å²) in [5.74, 6) is 0.148. The standard InChI is InChI=1S/C22H15ClN4O6S/c1-32-18-10-14(27(30)31)6-8-16(18)17-9-7-15(33-17)11-19(21(28)29)34-22-24-20(25-26-22)12-2-4-13(23)5-3-12/h2-11H,1H3,(H,28,29)(H,24,25,26)/b19-11-. The number of aliphatic carboxylic acids is 1. The average Bonchev–Trinajstić information content (AvgIpc) is 3.48. The molecule has 2 aromatic carbocycles. The molecule has 0 spiro atoms. The topological polar surface area (TPSA) is 144 Å². The molecule has 0 unspecified atom stereocenters. The number of non-ortho nitro benzene ring substituents is 1. The second-order valence-corrected chi connectivity index (χ2v) is 8.18. The molecule has 0 saturated heterocycles. The number of carboxylic acid groups (broad SMARTS) is 1. The van der Waals surface area contributed by atoms with Gasteiger partial charge in [-0.25, -0.2) is 9.78 Å². The number of aromatic amines is 1. The van der Waals surface area contributed by atoms with E-state index in [0.29, 0.717) is 22.2 Å². The SMILES string of the molecule is COc1cc([N+](=O)[O-])ccc1-c1ccc(/C=C(\Sc2n[nH]c(-c3ccc(Cl)cc3)n2)C(=O)O)o1. The minimum atomic E-state index is -1.19. The Morgan fingerprint density at radius 3 is 2.68 bits per heavy atom. The summed E-state index contributed by atoms with van der Waals surface area (Å²) in [6, 6.07) is 14.3. The molecule has 0 atom stereocenters. The van der Waals surface area contributed by atoms with Crippen LogP contribution in [0.3, 0.4) is 0 Å². The fraction of sp³-hybridized carbons (Fsp3) is 0.0455. The van der Waals surface area contributed by atoms with Crippen molar-refractivity contribution in [3.05, 3.63) is 80.4 Å². The number of hydrogen-bond donors (Lipinski definition) is 2. The molecule has 0 aliphatic rings. The van der Waals surface area contributed by atoms with Crippen molar-refractivity contribution in [1.29, 1.82) is 0 Å². The second kappa shape index (κ2) is 9.81. The summed E-state index contributed by atoms with van der Waals surface area (Å²) in [6.07, 6.45) is 1.34. The first-order chi connectivity index (χ1) is 16.3. The molecule has 0 aliphatic heterocycles. The number of carbonyl (C=O) groups is 1. The number of ether oxygens (including phenoxy) is 1. The summed E-state index contributed by atoms with van der Waals surface area (Å²) in [5, 5.41) is 28.3. The number of benzene rings is 2. The van der Waals surface area contributed by atoms with Crippen LogP contribution in [-0.4, -0.2) is 38.3 Å². The Kier molecular flexibility index (Phi) is 6.66. The first kappa shape index (κ1) is 23.1. The van der Waals surface area contributed by atoms with Gasteiger partial charge >= 0.3 is 5.97 Å². The fourth-order valence-corrected chi connectivity index (χ4v) is 3.78. The fourth-order valence-electron chi connectivity index (χ4n) is 2.96. The van der Waals surface area contributed by atoms with E-state index in [2.05, 4.69) is 15.2 Å². The van der Waals surface area contributed by atoms with Crippen molar-refractivity contribution >= 4 is 41.1 Å². The van der Waals surface area contributed by atoms with Crippen LogP contribution < -0.4 is 4.74 Å². The highest BCUT2D eigenvalue weighted by Crippen LogP contribution is 2.35. The molecule has 0 fully saturated rings. The number of nitro groups is 1. The van der Waals surface area contributed by atoms with Crippen LogP contribution in [0.15, 0.2) is 69.1 Å². The maximum Gasteiger partial charge on any atom is 0.342 e. The van der Waals surface area contributed by atoms with E-state index < -0.39 is 10.9 Å². The number of thioether (sulfide) groups is 1. The summed E-state index contributed by atoms with van der Waals surface area (Å²) in [4.78, 5) is 26.5. The van der Waals surface area contributed by atoms with Crippen LogP contribution in [0.1, 0.15) is 5.76 Å². The van der Waals surface area contributed by atoms with Gasteiger partial charge in [0.05, 0.1) is 23.7 Å². The van der Waals surface area contributed by atoms with Gasteiger partial charge in [0.2, 0.25) is 5.16 Å². The molecule has 0 amide bonds. The van der Waals surface area contributed by atoms with Gasteiger partial charge in [0, 0.05) is 22.7 Å². The smallest absolute Gasteiger partial charge is 0.342 e. The lowest BCUT2D eigenvalue weighted by Crippen LogP contribution is -1.97. The third-order valence-corrected chi connectivity index (χ3v) is 5.69. The number of halogens is 1. The molecule has 0 aliphatic carbocycles. The van der Waals surface area contributed by atoms with E-state index in [0.717, 1.165) is 17.3 Å². The number of carboxylic acids is 1. The molecule has 0 bridgehead atoms. The Balaban J connectivity index is 1.58. The number of methoxy groups -OCH3 is 1. The van der Waals surface area contributed by atoms with Crippen LogP contribution >= 0.6 is 23.4 Å². The lowest BCUT2D eigenvalue weighted by molar-refractivity contribution is -0.384. The molecule has 0 saturated carbocycles. The zero-order chi connectivity index (χ0) is 24.2. The maximum absolute atomic E-state index is 11.8. The Morgan fingerprint density at radius 1 is 1.24 bits per heavy atom. The van der Waals surface area contributed by atoms with E-state index in [9.17, 15) is 20.0 Å². The van der Waals surface area contributed by atoms with E-state index in [-0.39, 0.29) is 27.3 Å². The summed E-state index contributed by atoms with van der Waals surface area (Å²) >= 11 is 6.75. The predicted octanol–water partition coefficient (Wildman–Crippen LogP) is 5.52. The molecule has 4 rings (SSSR count). The Bertz CT molecular complexity index is 1400. The number of rotatable bonds is 8. The van der Waals surface area contributed by atoms with Crippen molar-refractivity contribution in [1.82, 2.24) is 15.2 Å². The van der Waals surface area contributed by atoms with E-state index in [1.807, 2.05) is 0 Å². The third-order valence-electron chi connectivity index (χ3n) is 4.56. The van der Waals surface area contributed by atoms with E-state index >= 15 is 0 Å². The van der Waals surface area contributed by atoms with E-state index in [4.69, 9.17) is 20.8 Å². The van der Waals surface area contributed by atoms with Crippen molar-refractivity contribution in [2.75, 3.05) is 7.11 Å². The molecule has 2 heterocycles. The molecule has 0 radical (unpaired) electrons. The number of H-pyrrole nitrogens is 1. The van der Waals surface area contributed by atoms with Crippen molar-refractivity contribution in [2.45, 2.75) is 5.16 Å². The monoisotopic (exact) mass is 498 g/mol. The second-order valence-electron chi connectivity index (χ2n) is 6.73. The number of furan rings is 1. The quantitative estimate of drug-likeness (QED) is 0.139. The van der Waals surface area contributed by atoms with Crippen molar-refractivity contribution in [3.8, 4) is 28.5 Å². The normalized spacial score (nSPS) is 11.4. The molecule has 172 valence electrons. The van der Waals surface area contributed by atoms with Crippen LogP contribution in [0.25, 0.3) is 28.8 Å². The van der Waals surface area contributed by atoms with Gasteiger partial charge in [-0.2, -0.15) is 0 Å². The maximum atomic E-state index is 11.8. The Labute approximate surface area is 201 Å². The molecular formula is C22H15ClN4O6S. The largest absolute Gasteiger partial charge is 0.496 e.